The molecule has 3 aromatic carbocycles. The Bertz CT molecular complexity index is 1020. The summed E-state index contributed by atoms with van der Waals surface area (Å²) in [6, 6.07) is 28.5. The maximum absolute atomic E-state index is 13.9. The Labute approximate surface area is 208 Å². The van der Waals surface area contributed by atoms with Gasteiger partial charge in [-0.15, -0.1) is 0 Å². The molecule has 0 radical (unpaired) electrons. The van der Waals surface area contributed by atoms with E-state index < -0.39 is 11.6 Å². The highest BCUT2D eigenvalue weighted by Crippen LogP contribution is 2.41. The minimum Gasteiger partial charge on any atom is -0.443 e. The van der Waals surface area contributed by atoms with E-state index in [2.05, 4.69) is 5.32 Å². The van der Waals surface area contributed by atoms with Crippen LogP contribution in [-0.2, 0) is 19.9 Å². The van der Waals surface area contributed by atoms with Gasteiger partial charge in [0.15, 0.2) is 5.60 Å². The maximum Gasteiger partial charge on any atom is 0.330 e. The van der Waals surface area contributed by atoms with Crippen LogP contribution in [0.2, 0.25) is 0 Å². The van der Waals surface area contributed by atoms with Crippen LogP contribution >= 0.6 is 0 Å². The summed E-state index contributed by atoms with van der Waals surface area (Å²) < 4.78 is 6.58. The largest absolute Gasteiger partial charge is 0.443 e. The van der Waals surface area contributed by atoms with Crippen molar-refractivity contribution in [3.8, 4) is 0 Å². The van der Waals surface area contributed by atoms with E-state index in [4.69, 9.17) is 4.74 Å². The van der Waals surface area contributed by atoms with Gasteiger partial charge < -0.3 is 15.0 Å². The van der Waals surface area contributed by atoms with Crippen LogP contribution in [0, 0.1) is 5.92 Å². The lowest BCUT2D eigenvalue weighted by molar-refractivity contribution is -0.162. The fourth-order valence-electron chi connectivity index (χ4n) is 5.11. The molecule has 0 aliphatic carbocycles. The van der Waals surface area contributed by atoms with Crippen LogP contribution in [0.25, 0.3) is 0 Å². The first-order valence-corrected chi connectivity index (χ1v) is 12.4. The smallest absolute Gasteiger partial charge is 0.330 e. The zero-order chi connectivity index (χ0) is 24.8. The number of benzene rings is 3. The summed E-state index contributed by atoms with van der Waals surface area (Å²) in [6.45, 7) is 4.57. The summed E-state index contributed by atoms with van der Waals surface area (Å²) in [5.41, 5.74) is 1.43. The first-order valence-electron chi connectivity index (χ1n) is 12.4. The van der Waals surface area contributed by atoms with Crippen molar-refractivity contribution >= 4 is 11.9 Å². The van der Waals surface area contributed by atoms with Crippen molar-refractivity contribution in [3.63, 3.8) is 0 Å². The van der Waals surface area contributed by atoms with Gasteiger partial charge in [-0.1, -0.05) is 105 Å². The van der Waals surface area contributed by atoms with Crippen LogP contribution in [0.4, 0.5) is 0 Å². The zero-order valence-corrected chi connectivity index (χ0v) is 20.7. The molecule has 2 atom stereocenters. The zero-order valence-electron chi connectivity index (χ0n) is 20.7. The molecule has 0 unspecified atom stereocenters. The lowest BCUT2D eigenvalue weighted by atomic mass is 9.80. The highest BCUT2D eigenvalue weighted by atomic mass is 16.6. The van der Waals surface area contributed by atoms with Crippen molar-refractivity contribution in [2.45, 2.75) is 44.4 Å². The summed E-state index contributed by atoms with van der Waals surface area (Å²) in [4.78, 5) is 29.0. The fourth-order valence-corrected chi connectivity index (χ4v) is 5.11. The molecule has 1 aliphatic heterocycles. The molecule has 1 aliphatic rings. The minimum absolute atomic E-state index is 0.0494. The van der Waals surface area contributed by atoms with Crippen molar-refractivity contribution in [3.05, 3.63) is 108 Å². The van der Waals surface area contributed by atoms with Gasteiger partial charge in [0, 0.05) is 23.2 Å². The standard InChI is InChI=1S/C30H34N2O3/c1-22(2)27(31-3)28(33)32-21-13-20-26(32)29(34)35-30(23-14-7-4-8-15-23,24-16-9-5-10-17-24)25-18-11-6-12-19-25/h4-12,14-19,22,26-27,31H,13,20-21H2,1-3H3/t26-,27-/m0/s1. The topological polar surface area (TPSA) is 58.6 Å². The van der Waals surface area contributed by atoms with Crippen molar-refractivity contribution in [1.82, 2.24) is 10.2 Å². The molecule has 5 heteroatoms. The number of ether oxygens (including phenoxy) is 1. The molecule has 1 saturated heterocycles. The van der Waals surface area contributed by atoms with Crippen LogP contribution in [-0.4, -0.2) is 42.5 Å². The SMILES string of the molecule is CN[C@H](C(=O)N1CCC[C@H]1C(=O)OC(c1ccccc1)(c1ccccc1)c1ccccc1)C(C)C. The summed E-state index contributed by atoms with van der Waals surface area (Å²) in [5, 5.41) is 3.12. The second kappa shape index (κ2) is 10.9. The molecule has 1 heterocycles. The Morgan fingerprint density at radius 3 is 1.71 bits per heavy atom. The Morgan fingerprint density at radius 1 is 0.857 bits per heavy atom. The first-order chi connectivity index (χ1) is 17.0. The third-order valence-electron chi connectivity index (χ3n) is 6.85. The average molecular weight is 471 g/mol. The van der Waals surface area contributed by atoms with Gasteiger partial charge in [-0.05, 0) is 25.8 Å². The van der Waals surface area contributed by atoms with E-state index in [1.54, 1.807) is 11.9 Å². The van der Waals surface area contributed by atoms with Crippen LogP contribution in [0.3, 0.4) is 0 Å². The van der Waals surface area contributed by atoms with Crippen LogP contribution in [0.15, 0.2) is 91.0 Å². The molecule has 1 N–H and O–H groups in total. The molecule has 1 fully saturated rings. The quantitative estimate of drug-likeness (QED) is 0.381. The van der Waals surface area contributed by atoms with Gasteiger partial charge in [0.1, 0.15) is 6.04 Å². The maximum atomic E-state index is 13.9. The Kier molecular flexibility index (Phi) is 7.67. The van der Waals surface area contributed by atoms with Crippen LogP contribution in [0.1, 0.15) is 43.4 Å². The molecule has 0 bridgehead atoms. The van der Waals surface area contributed by atoms with Crippen LogP contribution < -0.4 is 5.32 Å². The summed E-state index contributed by atoms with van der Waals surface area (Å²) >= 11 is 0. The minimum atomic E-state index is -1.14. The highest BCUT2D eigenvalue weighted by Gasteiger charge is 2.45. The van der Waals surface area contributed by atoms with Gasteiger partial charge in [0.05, 0.1) is 6.04 Å². The number of likely N-dealkylation sites (N-methyl/N-ethyl adjacent to an activating group) is 1. The predicted octanol–water partition coefficient (Wildman–Crippen LogP) is 4.76. The number of likely N-dealkylation sites (tertiary alicyclic amines) is 1. The predicted molar refractivity (Wildman–Crippen MR) is 138 cm³/mol. The molecule has 4 rings (SSSR count). The molecule has 5 nitrogen and oxygen atoms in total. The Balaban J connectivity index is 1.78. The monoisotopic (exact) mass is 470 g/mol. The number of amides is 1. The summed E-state index contributed by atoms with van der Waals surface area (Å²) in [6.07, 6.45) is 1.36. The molecule has 1 amide bonds. The number of carbonyl (C=O) groups is 2. The summed E-state index contributed by atoms with van der Waals surface area (Å²) in [7, 11) is 1.79. The van der Waals surface area contributed by atoms with Crippen molar-refractivity contribution in [1.29, 1.82) is 0 Å². The van der Waals surface area contributed by atoms with Crippen LogP contribution in [0.5, 0.6) is 0 Å². The van der Waals surface area contributed by atoms with Gasteiger partial charge in [-0.2, -0.15) is 0 Å². The van der Waals surface area contributed by atoms with Gasteiger partial charge in [-0.25, -0.2) is 4.79 Å². The summed E-state index contributed by atoms with van der Waals surface area (Å²) in [5.74, 6) is -0.320. The fraction of sp³-hybridized carbons (Fsp3) is 0.333. The molecule has 3 aromatic rings. The van der Waals surface area contributed by atoms with E-state index in [0.717, 1.165) is 23.1 Å². The van der Waals surface area contributed by atoms with E-state index in [-0.39, 0.29) is 23.8 Å². The molecule has 182 valence electrons. The number of esters is 1. The second-order valence-electron chi connectivity index (χ2n) is 9.40. The lowest BCUT2D eigenvalue weighted by Gasteiger charge is -2.37. The van der Waals surface area contributed by atoms with E-state index in [1.807, 2.05) is 105 Å². The number of hydrogen-bond donors (Lipinski definition) is 1. The number of carbonyl (C=O) groups excluding carboxylic acids is 2. The molecule has 0 aromatic heterocycles. The van der Waals surface area contributed by atoms with Crippen molar-refractivity contribution < 1.29 is 14.3 Å². The number of nitrogens with zero attached hydrogens (tertiary/aromatic N) is 1. The van der Waals surface area contributed by atoms with E-state index >= 15 is 0 Å². The Morgan fingerprint density at radius 2 is 1.31 bits per heavy atom. The normalized spacial score (nSPS) is 16.8. The lowest BCUT2D eigenvalue weighted by Crippen LogP contribution is -2.52. The van der Waals surface area contributed by atoms with Gasteiger partial charge >= 0.3 is 5.97 Å². The molecule has 35 heavy (non-hydrogen) atoms. The van der Waals surface area contributed by atoms with Gasteiger partial charge in [0.25, 0.3) is 0 Å². The number of hydrogen-bond acceptors (Lipinski definition) is 4. The average Bonchev–Trinajstić information content (AvgIpc) is 3.39. The molecular weight excluding hydrogens is 436 g/mol. The molecular formula is C30H34N2O3. The number of nitrogens with one attached hydrogen (secondary N) is 1. The second-order valence-corrected chi connectivity index (χ2v) is 9.40. The first kappa shape index (κ1) is 24.7. The third kappa shape index (κ3) is 4.87. The molecule has 0 saturated carbocycles. The van der Waals surface area contributed by atoms with E-state index in [0.29, 0.717) is 13.0 Å². The van der Waals surface area contributed by atoms with E-state index in [9.17, 15) is 9.59 Å². The third-order valence-corrected chi connectivity index (χ3v) is 6.85. The van der Waals surface area contributed by atoms with Crippen molar-refractivity contribution in [2.24, 2.45) is 5.92 Å². The molecule has 0 spiro atoms. The number of rotatable bonds is 8. The Hall–Kier alpha value is -3.44. The van der Waals surface area contributed by atoms with Crippen molar-refractivity contribution in [2.75, 3.05) is 13.6 Å². The van der Waals surface area contributed by atoms with Gasteiger partial charge in [0.2, 0.25) is 5.91 Å². The van der Waals surface area contributed by atoms with E-state index in [1.165, 1.54) is 0 Å². The highest BCUT2D eigenvalue weighted by molar-refractivity contribution is 5.88. The van der Waals surface area contributed by atoms with Gasteiger partial charge in [-0.3, -0.25) is 4.79 Å².